The van der Waals surface area contributed by atoms with Crippen molar-refractivity contribution in [1.82, 2.24) is 14.5 Å². The minimum atomic E-state index is -3.59. The van der Waals surface area contributed by atoms with E-state index in [0.29, 0.717) is 0 Å². The van der Waals surface area contributed by atoms with Crippen LogP contribution in [0.15, 0.2) is 94.9 Å². The normalized spacial score (nSPS) is 11.6. The van der Waals surface area contributed by atoms with Gasteiger partial charge in [-0.3, -0.25) is 0 Å². The Morgan fingerprint density at radius 1 is 0.963 bits per heavy atom. The zero-order chi connectivity index (χ0) is 18.7. The number of nitrogens with zero attached hydrogens (tertiary/aromatic N) is 2. The van der Waals surface area contributed by atoms with Crippen molar-refractivity contribution in [3.63, 3.8) is 0 Å². The first-order valence-corrected chi connectivity index (χ1v) is 9.81. The minimum Gasteiger partial charge on any atom is -0.472 e. The summed E-state index contributed by atoms with van der Waals surface area (Å²) in [7, 11) is -3.59. The Labute approximate surface area is 157 Å². The number of nitrogens with one attached hydrogen (secondary N) is 1. The predicted octanol–water partition coefficient (Wildman–Crippen LogP) is 3.61. The fourth-order valence-electron chi connectivity index (χ4n) is 2.71. The summed E-state index contributed by atoms with van der Waals surface area (Å²) in [6.45, 7) is 0.217. The summed E-state index contributed by atoms with van der Waals surface area (Å²) in [5, 5.41) is 4.13. The largest absolute Gasteiger partial charge is 0.472 e. The van der Waals surface area contributed by atoms with Gasteiger partial charge in [-0.25, -0.2) is 17.8 Å². The summed E-state index contributed by atoms with van der Waals surface area (Å²) in [5.41, 5.74) is 3.68. The Kier molecular flexibility index (Phi) is 4.62. The zero-order valence-electron chi connectivity index (χ0n) is 14.3. The lowest BCUT2D eigenvalue weighted by Crippen LogP contribution is -2.23. The van der Waals surface area contributed by atoms with Crippen LogP contribution in [0.25, 0.3) is 16.8 Å². The molecule has 4 rings (SSSR count). The number of hydrogen-bond donors (Lipinski definition) is 1. The third-order valence-corrected chi connectivity index (χ3v) is 5.61. The van der Waals surface area contributed by atoms with Crippen LogP contribution >= 0.6 is 0 Å². The third kappa shape index (κ3) is 3.84. The summed E-state index contributed by atoms with van der Waals surface area (Å²) in [6, 6.07) is 17.9. The first kappa shape index (κ1) is 17.3. The van der Waals surface area contributed by atoms with Crippen molar-refractivity contribution in [3.05, 3.63) is 91.1 Å². The summed E-state index contributed by atoms with van der Waals surface area (Å²) < 4.78 is 34.4. The molecule has 0 unspecified atom stereocenters. The topological polar surface area (TPSA) is 77.1 Å². The van der Waals surface area contributed by atoms with E-state index in [4.69, 9.17) is 4.42 Å². The number of sulfonamides is 1. The standard InChI is InChI=1S/C20H17N3O3S/c24-27(25,20-8-6-19(7-9-20)23-12-1-11-21-23)22-14-16-2-4-17(5-3-16)18-10-13-26-15-18/h1-13,15,22H,14H2. The van der Waals surface area contributed by atoms with E-state index in [1.165, 1.54) is 0 Å². The van der Waals surface area contributed by atoms with Crippen molar-refractivity contribution in [2.45, 2.75) is 11.4 Å². The molecule has 27 heavy (non-hydrogen) atoms. The van der Waals surface area contributed by atoms with Crippen LogP contribution < -0.4 is 4.72 Å². The van der Waals surface area contributed by atoms with Crippen LogP contribution in [-0.4, -0.2) is 18.2 Å². The van der Waals surface area contributed by atoms with E-state index >= 15 is 0 Å². The molecule has 0 fully saturated rings. The molecule has 0 aliphatic heterocycles. The van der Waals surface area contributed by atoms with Crippen molar-refractivity contribution in [2.75, 3.05) is 0 Å². The van der Waals surface area contributed by atoms with E-state index in [2.05, 4.69) is 9.82 Å². The van der Waals surface area contributed by atoms with Gasteiger partial charge in [0.1, 0.15) is 0 Å². The highest BCUT2D eigenvalue weighted by atomic mass is 32.2. The highest BCUT2D eigenvalue weighted by Crippen LogP contribution is 2.20. The average Bonchev–Trinajstić information content (AvgIpc) is 3.41. The maximum atomic E-state index is 12.5. The van der Waals surface area contributed by atoms with E-state index in [0.717, 1.165) is 22.4 Å². The van der Waals surface area contributed by atoms with Gasteiger partial charge in [-0.15, -0.1) is 0 Å². The van der Waals surface area contributed by atoms with E-state index in [9.17, 15) is 8.42 Å². The van der Waals surface area contributed by atoms with Crippen molar-refractivity contribution >= 4 is 10.0 Å². The van der Waals surface area contributed by atoms with Crippen LogP contribution in [-0.2, 0) is 16.6 Å². The van der Waals surface area contributed by atoms with Crippen LogP contribution in [0.1, 0.15) is 5.56 Å². The molecule has 2 aromatic carbocycles. The molecule has 136 valence electrons. The highest BCUT2D eigenvalue weighted by molar-refractivity contribution is 7.89. The molecular formula is C20H17N3O3S. The smallest absolute Gasteiger partial charge is 0.240 e. The third-order valence-electron chi connectivity index (χ3n) is 4.19. The second kappa shape index (κ2) is 7.22. The molecule has 0 saturated carbocycles. The minimum absolute atomic E-state index is 0.216. The zero-order valence-corrected chi connectivity index (χ0v) is 15.1. The van der Waals surface area contributed by atoms with Gasteiger partial charge in [-0.05, 0) is 47.5 Å². The first-order chi connectivity index (χ1) is 13.1. The van der Waals surface area contributed by atoms with Crippen LogP contribution in [0.4, 0.5) is 0 Å². The van der Waals surface area contributed by atoms with Gasteiger partial charge in [0, 0.05) is 24.5 Å². The lowest BCUT2D eigenvalue weighted by Gasteiger charge is -2.08. The lowest BCUT2D eigenvalue weighted by molar-refractivity contribution is 0.568. The summed E-state index contributed by atoms with van der Waals surface area (Å²) in [5.74, 6) is 0. The molecule has 2 heterocycles. The molecule has 0 radical (unpaired) electrons. The second-order valence-electron chi connectivity index (χ2n) is 5.98. The first-order valence-electron chi connectivity index (χ1n) is 8.33. The Morgan fingerprint density at radius 3 is 2.37 bits per heavy atom. The fourth-order valence-corrected chi connectivity index (χ4v) is 3.72. The Morgan fingerprint density at radius 2 is 1.74 bits per heavy atom. The lowest BCUT2D eigenvalue weighted by atomic mass is 10.1. The Balaban J connectivity index is 1.44. The molecule has 6 nitrogen and oxygen atoms in total. The van der Waals surface area contributed by atoms with Crippen LogP contribution in [0.5, 0.6) is 0 Å². The van der Waals surface area contributed by atoms with E-state index in [-0.39, 0.29) is 11.4 Å². The Bertz CT molecular complexity index is 1100. The quantitative estimate of drug-likeness (QED) is 0.555. The van der Waals surface area contributed by atoms with Crippen molar-refractivity contribution in [2.24, 2.45) is 0 Å². The average molecular weight is 379 g/mol. The monoisotopic (exact) mass is 379 g/mol. The highest BCUT2D eigenvalue weighted by Gasteiger charge is 2.14. The Hall–Kier alpha value is -3.16. The van der Waals surface area contributed by atoms with Gasteiger partial charge in [0.25, 0.3) is 0 Å². The molecule has 7 heteroatoms. The number of benzene rings is 2. The van der Waals surface area contributed by atoms with Gasteiger partial charge in [0.2, 0.25) is 10.0 Å². The molecule has 0 aliphatic rings. The predicted molar refractivity (Wildman–Crippen MR) is 102 cm³/mol. The van der Waals surface area contributed by atoms with Gasteiger partial charge >= 0.3 is 0 Å². The molecule has 0 atom stereocenters. The summed E-state index contributed by atoms with van der Waals surface area (Å²) >= 11 is 0. The number of rotatable bonds is 6. The van der Waals surface area contributed by atoms with Crippen molar-refractivity contribution in [3.8, 4) is 16.8 Å². The number of furan rings is 1. The van der Waals surface area contributed by atoms with Gasteiger partial charge < -0.3 is 4.42 Å². The maximum Gasteiger partial charge on any atom is 0.240 e. The van der Waals surface area contributed by atoms with Gasteiger partial charge in [0.15, 0.2) is 0 Å². The van der Waals surface area contributed by atoms with Gasteiger partial charge in [-0.2, -0.15) is 5.10 Å². The molecule has 4 aromatic rings. The second-order valence-corrected chi connectivity index (χ2v) is 7.74. The molecular weight excluding hydrogens is 362 g/mol. The van der Waals surface area contributed by atoms with Crippen LogP contribution in [0.2, 0.25) is 0 Å². The van der Waals surface area contributed by atoms with E-state index < -0.39 is 10.0 Å². The molecule has 0 aliphatic carbocycles. The van der Waals surface area contributed by atoms with Crippen molar-refractivity contribution < 1.29 is 12.8 Å². The van der Waals surface area contributed by atoms with Gasteiger partial charge in [0.05, 0.1) is 23.1 Å². The summed E-state index contributed by atoms with van der Waals surface area (Å²) in [4.78, 5) is 0.216. The molecule has 0 amide bonds. The molecule has 1 N–H and O–H groups in total. The molecule has 0 spiro atoms. The summed E-state index contributed by atoms with van der Waals surface area (Å²) in [6.07, 6.45) is 6.76. The van der Waals surface area contributed by atoms with Crippen LogP contribution in [0, 0.1) is 0 Å². The molecule has 0 saturated heterocycles. The molecule has 0 bridgehead atoms. The van der Waals surface area contributed by atoms with Crippen LogP contribution in [0.3, 0.4) is 0 Å². The molecule has 2 aromatic heterocycles. The van der Waals surface area contributed by atoms with Crippen molar-refractivity contribution in [1.29, 1.82) is 0 Å². The van der Waals surface area contributed by atoms with Gasteiger partial charge in [-0.1, -0.05) is 24.3 Å². The van der Waals surface area contributed by atoms with E-state index in [1.54, 1.807) is 53.9 Å². The maximum absolute atomic E-state index is 12.5. The fraction of sp³-hybridized carbons (Fsp3) is 0.0500. The van der Waals surface area contributed by atoms with E-state index in [1.807, 2.05) is 36.4 Å². The SMILES string of the molecule is O=S(=O)(NCc1ccc(-c2ccoc2)cc1)c1ccc(-n2cccn2)cc1. The number of hydrogen-bond acceptors (Lipinski definition) is 4. The number of aromatic nitrogens is 2.